The number of morpholine rings is 1. The average molecular weight is 622 g/mol. The van der Waals surface area contributed by atoms with E-state index >= 15 is 0 Å². The van der Waals surface area contributed by atoms with Crippen molar-refractivity contribution in [1.82, 2.24) is 25.1 Å². The first-order valence-corrected chi connectivity index (χ1v) is 13.7. The molecule has 0 radical (unpaired) electrons. The lowest BCUT2D eigenvalue weighted by Gasteiger charge is -2.40. The summed E-state index contributed by atoms with van der Waals surface area (Å²) >= 11 is 0. The van der Waals surface area contributed by atoms with Gasteiger partial charge < -0.3 is 24.7 Å². The van der Waals surface area contributed by atoms with Crippen LogP contribution in [0.1, 0.15) is 63.0 Å². The van der Waals surface area contributed by atoms with Crippen LogP contribution < -0.4 is 10.6 Å². The lowest BCUT2D eigenvalue weighted by atomic mass is 9.92. The van der Waals surface area contributed by atoms with E-state index in [-0.39, 0.29) is 54.6 Å². The highest BCUT2D eigenvalue weighted by molar-refractivity contribution is 5.98. The molecule has 4 heterocycles. The molecule has 4 rings (SSSR count). The third-order valence-corrected chi connectivity index (χ3v) is 7.00. The maximum absolute atomic E-state index is 14.1. The van der Waals surface area contributed by atoms with Gasteiger partial charge in [0.05, 0.1) is 26.0 Å². The number of hydrogen-bond acceptors (Lipinski definition) is 8. The zero-order valence-corrected chi connectivity index (χ0v) is 26.8. The van der Waals surface area contributed by atoms with E-state index < -0.39 is 0 Å². The molecule has 0 spiro atoms. The highest BCUT2D eigenvalue weighted by Gasteiger charge is 2.33. The molecule has 40 heavy (non-hydrogen) atoms. The summed E-state index contributed by atoms with van der Waals surface area (Å²) in [4.78, 5) is 28.1. The third-order valence-electron chi connectivity index (χ3n) is 7.00. The van der Waals surface area contributed by atoms with Gasteiger partial charge in [-0.05, 0) is 36.9 Å². The van der Waals surface area contributed by atoms with E-state index in [0.717, 1.165) is 58.1 Å². The highest BCUT2D eigenvalue weighted by atomic mass is 35.5. The van der Waals surface area contributed by atoms with Gasteiger partial charge in [0.15, 0.2) is 0 Å². The van der Waals surface area contributed by atoms with Gasteiger partial charge in [0.25, 0.3) is 5.91 Å². The topological polar surface area (TPSA) is 95.8 Å². The maximum atomic E-state index is 14.1. The van der Waals surface area contributed by atoms with Gasteiger partial charge in [-0.15, -0.1) is 37.2 Å². The van der Waals surface area contributed by atoms with Crippen LogP contribution in [0, 0.1) is 11.8 Å². The number of carbonyl (C=O) groups excluding carboxylic acids is 1. The standard InChI is InChI=1S/C28H44N6O3.3ClH/c1-20(2)18-34(22-13-21(14-29-15-22)19-33-8-11-36-12-9-33)26(35)24-17-31-27(28(3,4)5)32-25(24)30-16-23-7-6-10-37-23;;;/h6-7,10,17,20-22,29H,8-9,11-16,18-19H2,1-5H3,(H,30,31,32);3*1H. The van der Waals surface area contributed by atoms with Crippen LogP contribution in [0.4, 0.5) is 5.82 Å². The summed E-state index contributed by atoms with van der Waals surface area (Å²) in [6.45, 7) is 18.1. The Labute approximate surface area is 257 Å². The van der Waals surface area contributed by atoms with Crippen LogP contribution in [0.3, 0.4) is 0 Å². The molecule has 2 aromatic rings. The first-order chi connectivity index (χ1) is 17.7. The van der Waals surface area contributed by atoms with Crippen molar-refractivity contribution in [2.24, 2.45) is 11.8 Å². The molecule has 228 valence electrons. The average Bonchev–Trinajstić information content (AvgIpc) is 3.39. The molecular formula is C28H47Cl3N6O3. The molecule has 0 bridgehead atoms. The molecule has 0 aromatic carbocycles. The highest BCUT2D eigenvalue weighted by Crippen LogP contribution is 2.26. The molecule has 2 aliphatic heterocycles. The zero-order chi connectivity index (χ0) is 26.4. The Morgan fingerprint density at radius 1 is 1.20 bits per heavy atom. The smallest absolute Gasteiger partial charge is 0.259 e. The number of furan rings is 1. The van der Waals surface area contributed by atoms with Crippen molar-refractivity contribution >= 4 is 48.9 Å². The van der Waals surface area contributed by atoms with Crippen molar-refractivity contribution in [3.63, 3.8) is 0 Å². The minimum Gasteiger partial charge on any atom is -0.467 e. The van der Waals surface area contributed by atoms with Crippen LogP contribution in [0.25, 0.3) is 0 Å². The number of piperidine rings is 1. The van der Waals surface area contributed by atoms with E-state index in [0.29, 0.717) is 42.1 Å². The number of rotatable bonds is 9. The molecule has 2 atom stereocenters. The van der Waals surface area contributed by atoms with Crippen LogP contribution in [-0.2, 0) is 16.7 Å². The second-order valence-corrected chi connectivity index (χ2v) is 11.8. The minimum atomic E-state index is -0.236. The summed E-state index contributed by atoms with van der Waals surface area (Å²) in [5, 5.41) is 6.97. The van der Waals surface area contributed by atoms with Crippen LogP contribution in [0.5, 0.6) is 0 Å². The number of nitrogens with zero attached hydrogens (tertiary/aromatic N) is 4. The quantitative estimate of drug-likeness (QED) is 0.418. The van der Waals surface area contributed by atoms with Crippen molar-refractivity contribution in [1.29, 1.82) is 0 Å². The van der Waals surface area contributed by atoms with Gasteiger partial charge in [0.1, 0.15) is 23.0 Å². The summed E-state index contributed by atoms with van der Waals surface area (Å²) < 4.78 is 11.0. The fraction of sp³-hybridized carbons (Fsp3) is 0.679. The largest absolute Gasteiger partial charge is 0.467 e. The van der Waals surface area contributed by atoms with Crippen LogP contribution in [0.15, 0.2) is 29.0 Å². The van der Waals surface area contributed by atoms with Gasteiger partial charge in [-0.3, -0.25) is 9.69 Å². The van der Waals surface area contributed by atoms with Crippen molar-refractivity contribution in [3.05, 3.63) is 41.7 Å². The Balaban J connectivity index is 0.00000267. The first kappa shape index (κ1) is 36.4. The Morgan fingerprint density at radius 2 is 1.93 bits per heavy atom. The van der Waals surface area contributed by atoms with E-state index in [1.807, 2.05) is 12.1 Å². The van der Waals surface area contributed by atoms with E-state index in [1.54, 1.807) is 12.5 Å². The SMILES string of the molecule is CC(C)CN(C(=O)c1cnc(C(C)(C)C)nc1NCc1ccco1)C1CNCC(CN2CCOCC2)C1.Cl.Cl.Cl. The summed E-state index contributed by atoms with van der Waals surface area (Å²) in [6.07, 6.45) is 4.34. The predicted octanol–water partition coefficient (Wildman–Crippen LogP) is 4.65. The predicted molar refractivity (Wildman–Crippen MR) is 166 cm³/mol. The molecule has 2 unspecified atom stereocenters. The molecule has 2 aliphatic rings. The van der Waals surface area contributed by atoms with Gasteiger partial charge in [0.2, 0.25) is 0 Å². The summed E-state index contributed by atoms with van der Waals surface area (Å²) in [5.41, 5.74) is 0.274. The molecule has 9 nitrogen and oxygen atoms in total. The molecular weight excluding hydrogens is 575 g/mol. The van der Waals surface area contributed by atoms with Crippen molar-refractivity contribution in [2.75, 3.05) is 57.8 Å². The monoisotopic (exact) mass is 620 g/mol. The summed E-state index contributed by atoms with van der Waals surface area (Å²) in [6, 6.07) is 3.89. The second-order valence-electron chi connectivity index (χ2n) is 11.8. The molecule has 12 heteroatoms. The normalized spacial score (nSPS) is 19.6. The van der Waals surface area contributed by atoms with E-state index in [2.05, 4.69) is 60.0 Å². The second kappa shape index (κ2) is 16.7. The number of carbonyl (C=O) groups is 1. The lowest BCUT2D eigenvalue weighted by Crippen LogP contribution is -2.54. The molecule has 0 aliphatic carbocycles. The van der Waals surface area contributed by atoms with Gasteiger partial charge >= 0.3 is 0 Å². The minimum absolute atomic E-state index is 0. The van der Waals surface area contributed by atoms with Gasteiger partial charge in [-0.25, -0.2) is 9.97 Å². The summed E-state index contributed by atoms with van der Waals surface area (Å²) in [5.74, 6) is 2.87. The maximum Gasteiger partial charge on any atom is 0.259 e. The van der Waals surface area contributed by atoms with E-state index in [4.69, 9.17) is 14.1 Å². The number of halogens is 3. The molecule has 2 N–H and O–H groups in total. The van der Waals surface area contributed by atoms with Gasteiger partial charge in [0, 0.05) is 50.4 Å². The lowest BCUT2D eigenvalue weighted by molar-refractivity contribution is 0.0235. The first-order valence-electron chi connectivity index (χ1n) is 13.7. The Bertz CT molecular complexity index is 1010. The van der Waals surface area contributed by atoms with E-state index in [9.17, 15) is 4.79 Å². The molecule has 2 aromatic heterocycles. The Kier molecular flexibility index (Phi) is 15.2. The van der Waals surface area contributed by atoms with Crippen molar-refractivity contribution in [3.8, 4) is 0 Å². The summed E-state index contributed by atoms with van der Waals surface area (Å²) in [7, 11) is 0. The van der Waals surface area contributed by atoms with Crippen LogP contribution >= 0.6 is 37.2 Å². The number of amides is 1. The van der Waals surface area contributed by atoms with Crippen molar-refractivity contribution in [2.45, 2.75) is 59.0 Å². The fourth-order valence-corrected chi connectivity index (χ4v) is 5.10. The molecule has 0 saturated carbocycles. The third kappa shape index (κ3) is 10.0. The Morgan fingerprint density at radius 3 is 2.55 bits per heavy atom. The Hall–Kier alpha value is -1.62. The number of anilines is 1. The van der Waals surface area contributed by atoms with E-state index in [1.165, 1.54) is 0 Å². The fourth-order valence-electron chi connectivity index (χ4n) is 5.10. The number of hydrogen-bond donors (Lipinski definition) is 2. The molecule has 2 fully saturated rings. The molecule has 2 saturated heterocycles. The van der Waals surface area contributed by atoms with Gasteiger partial charge in [-0.1, -0.05) is 34.6 Å². The zero-order valence-electron chi connectivity index (χ0n) is 24.4. The number of nitrogens with one attached hydrogen (secondary N) is 2. The van der Waals surface area contributed by atoms with Crippen molar-refractivity contribution < 1.29 is 13.9 Å². The molecule has 1 amide bonds. The number of ether oxygens (including phenoxy) is 1. The van der Waals surface area contributed by atoms with Crippen LogP contribution in [0.2, 0.25) is 0 Å². The number of aromatic nitrogens is 2. The van der Waals surface area contributed by atoms with Crippen LogP contribution in [-0.4, -0.2) is 84.2 Å². The van der Waals surface area contributed by atoms with Gasteiger partial charge in [-0.2, -0.15) is 0 Å².